The largest absolute Gasteiger partial charge is 0.380 e. The molecule has 0 aliphatic rings. The normalized spacial score (nSPS) is 11.3. The first-order valence-electron chi connectivity index (χ1n) is 11.4. The van der Waals surface area contributed by atoms with Crippen molar-refractivity contribution in [1.29, 1.82) is 0 Å². The molecular formula is C28H33BrN2. The van der Waals surface area contributed by atoms with Crippen molar-refractivity contribution in [2.24, 2.45) is 4.99 Å². The molecule has 0 heterocycles. The maximum atomic E-state index is 4.92. The Labute approximate surface area is 196 Å². The standard InChI is InChI=1S/C28H33BrN2/c1-5-20-12-9-13-21(6-2)27(20)30-18-24-16-11-17-25(26(24)29)19-31-28-22(7-3)14-10-15-23(28)8-4/h9-18,31H,5-8,19H2,1-4H3. The van der Waals surface area contributed by atoms with Gasteiger partial charge in [0.2, 0.25) is 0 Å². The molecule has 0 radical (unpaired) electrons. The maximum absolute atomic E-state index is 4.92. The van der Waals surface area contributed by atoms with Gasteiger partial charge in [-0.25, -0.2) is 0 Å². The summed E-state index contributed by atoms with van der Waals surface area (Å²) in [5.74, 6) is 0. The molecule has 0 unspecified atom stereocenters. The van der Waals surface area contributed by atoms with E-state index in [1.807, 2.05) is 6.21 Å². The molecule has 3 heteroatoms. The highest BCUT2D eigenvalue weighted by atomic mass is 79.9. The van der Waals surface area contributed by atoms with Crippen molar-refractivity contribution in [1.82, 2.24) is 0 Å². The van der Waals surface area contributed by atoms with Gasteiger partial charge in [0.25, 0.3) is 0 Å². The second kappa shape index (κ2) is 11.3. The van der Waals surface area contributed by atoms with E-state index in [0.717, 1.165) is 48.0 Å². The Bertz CT molecular complexity index is 1010. The highest BCUT2D eigenvalue weighted by Crippen LogP contribution is 2.28. The molecule has 3 aromatic rings. The third-order valence-corrected chi connectivity index (χ3v) is 6.83. The van der Waals surface area contributed by atoms with Gasteiger partial charge in [0.1, 0.15) is 0 Å². The van der Waals surface area contributed by atoms with Crippen molar-refractivity contribution in [3.8, 4) is 0 Å². The molecule has 0 amide bonds. The van der Waals surface area contributed by atoms with Crippen LogP contribution in [0.3, 0.4) is 0 Å². The van der Waals surface area contributed by atoms with Gasteiger partial charge in [0.15, 0.2) is 0 Å². The molecular weight excluding hydrogens is 444 g/mol. The fraction of sp³-hybridized carbons (Fsp3) is 0.321. The summed E-state index contributed by atoms with van der Waals surface area (Å²) in [7, 11) is 0. The average Bonchev–Trinajstić information content (AvgIpc) is 2.82. The van der Waals surface area contributed by atoms with Crippen LogP contribution < -0.4 is 5.32 Å². The zero-order chi connectivity index (χ0) is 22.2. The quantitative estimate of drug-likeness (QED) is 0.310. The van der Waals surface area contributed by atoms with Gasteiger partial charge in [-0.05, 0) is 69.4 Å². The van der Waals surface area contributed by atoms with Crippen LogP contribution in [0.25, 0.3) is 0 Å². The van der Waals surface area contributed by atoms with Crippen molar-refractivity contribution in [2.45, 2.75) is 59.9 Å². The van der Waals surface area contributed by atoms with Crippen LogP contribution in [-0.2, 0) is 32.2 Å². The summed E-state index contributed by atoms with van der Waals surface area (Å²) >= 11 is 3.84. The van der Waals surface area contributed by atoms with Crippen LogP contribution in [0.5, 0.6) is 0 Å². The minimum atomic E-state index is 0.776. The maximum Gasteiger partial charge on any atom is 0.0693 e. The van der Waals surface area contributed by atoms with Crippen LogP contribution in [0.2, 0.25) is 0 Å². The molecule has 0 saturated carbocycles. The molecule has 1 N–H and O–H groups in total. The smallest absolute Gasteiger partial charge is 0.0693 e. The Kier molecular flexibility index (Phi) is 8.48. The van der Waals surface area contributed by atoms with E-state index in [1.54, 1.807) is 0 Å². The number of hydrogen-bond acceptors (Lipinski definition) is 2. The summed E-state index contributed by atoms with van der Waals surface area (Å²) in [6.45, 7) is 9.58. The van der Waals surface area contributed by atoms with Gasteiger partial charge in [-0.3, -0.25) is 4.99 Å². The summed E-state index contributed by atoms with van der Waals surface area (Å²) in [4.78, 5) is 4.92. The van der Waals surface area contributed by atoms with Gasteiger partial charge < -0.3 is 5.32 Å². The molecule has 0 spiro atoms. The average molecular weight is 477 g/mol. The fourth-order valence-corrected chi connectivity index (χ4v) is 4.51. The molecule has 0 aliphatic heterocycles. The third kappa shape index (κ3) is 5.46. The molecule has 0 atom stereocenters. The molecule has 0 bridgehead atoms. The zero-order valence-electron chi connectivity index (χ0n) is 19.1. The second-order valence-electron chi connectivity index (χ2n) is 7.72. The van der Waals surface area contributed by atoms with Crippen LogP contribution >= 0.6 is 15.9 Å². The van der Waals surface area contributed by atoms with Crippen LogP contribution in [0.1, 0.15) is 61.1 Å². The lowest BCUT2D eigenvalue weighted by Crippen LogP contribution is -2.06. The number of hydrogen-bond donors (Lipinski definition) is 1. The third-order valence-electron chi connectivity index (χ3n) is 5.86. The van der Waals surface area contributed by atoms with Crippen LogP contribution in [0.4, 0.5) is 11.4 Å². The van der Waals surface area contributed by atoms with Gasteiger partial charge in [-0.1, -0.05) is 82.3 Å². The van der Waals surface area contributed by atoms with Crippen LogP contribution in [-0.4, -0.2) is 6.21 Å². The van der Waals surface area contributed by atoms with E-state index in [0.29, 0.717) is 0 Å². The van der Waals surface area contributed by atoms with Crippen molar-refractivity contribution in [2.75, 3.05) is 5.32 Å². The number of rotatable bonds is 9. The van der Waals surface area contributed by atoms with E-state index in [1.165, 1.54) is 33.5 Å². The Hall–Kier alpha value is -2.39. The molecule has 31 heavy (non-hydrogen) atoms. The lowest BCUT2D eigenvalue weighted by molar-refractivity contribution is 1.04. The van der Waals surface area contributed by atoms with Crippen molar-refractivity contribution >= 4 is 33.5 Å². The topological polar surface area (TPSA) is 24.4 Å². The molecule has 0 aliphatic carbocycles. The van der Waals surface area contributed by atoms with E-state index < -0.39 is 0 Å². The van der Waals surface area contributed by atoms with Gasteiger partial charge in [-0.15, -0.1) is 0 Å². The van der Waals surface area contributed by atoms with E-state index in [4.69, 9.17) is 4.99 Å². The van der Waals surface area contributed by atoms with Crippen LogP contribution in [0.15, 0.2) is 64.1 Å². The summed E-state index contributed by atoms with van der Waals surface area (Å²) in [6.07, 6.45) is 6.03. The van der Waals surface area contributed by atoms with Crippen molar-refractivity contribution in [3.05, 3.63) is 92.5 Å². The predicted molar refractivity (Wildman–Crippen MR) is 139 cm³/mol. The molecule has 0 saturated heterocycles. The Morgan fingerprint density at radius 2 is 1.19 bits per heavy atom. The predicted octanol–water partition coefficient (Wildman–Crippen LogP) is 8.06. The number of anilines is 1. The summed E-state index contributed by atoms with van der Waals surface area (Å²) < 4.78 is 1.10. The molecule has 3 rings (SSSR count). The number of aryl methyl sites for hydroxylation is 4. The molecule has 3 aromatic carbocycles. The highest BCUT2D eigenvalue weighted by molar-refractivity contribution is 9.10. The lowest BCUT2D eigenvalue weighted by atomic mass is 10.0. The highest BCUT2D eigenvalue weighted by Gasteiger charge is 2.09. The van der Waals surface area contributed by atoms with E-state index in [9.17, 15) is 0 Å². The van der Waals surface area contributed by atoms with E-state index >= 15 is 0 Å². The first-order valence-corrected chi connectivity index (χ1v) is 12.2. The summed E-state index contributed by atoms with van der Waals surface area (Å²) in [6, 6.07) is 19.5. The number of nitrogens with one attached hydrogen (secondary N) is 1. The number of nitrogens with zero attached hydrogens (tertiary/aromatic N) is 1. The number of aliphatic imine (C=N–C) groups is 1. The SMILES string of the molecule is CCc1cccc(CC)c1N=Cc1cccc(CNc2c(CC)cccc2CC)c1Br. The molecule has 2 nitrogen and oxygen atoms in total. The van der Waals surface area contributed by atoms with Crippen molar-refractivity contribution < 1.29 is 0 Å². The van der Waals surface area contributed by atoms with Gasteiger partial charge in [-0.2, -0.15) is 0 Å². The summed E-state index contributed by atoms with van der Waals surface area (Å²) in [5, 5.41) is 3.70. The number of benzene rings is 3. The minimum absolute atomic E-state index is 0.776. The molecule has 0 aromatic heterocycles. The second-order valence-corrected chi connectivity index (χ2v) is 8.52. The van der Waals surface area contributed by atoms with E-state index in [-0.39, 0.29) is 0 Å². The van der Waals surface area contributed by atoms with Gasteiger partial charge in [0.05, 0.1) is 5.69 Å². The van der Waals surface area contributed by atoms with Gasteiger partial charge in [0, 0.05) is 28.5 Å². The zero-order valence-corrected chi connectivity index (χ0v) is 20.7. The lowest BCUT2D eigenvalue weighted by Gasteiger charge is -2.16. The minimum Gasteiger partial charge on any atom is -0.380 e. The summed E-state index contributed by atoms with van der Waals surface area (Å²) in [5.41, 5.74) is 10.1. The fourth-order valence-electron chi connectivity index (χ4n) is 4.00. The Morgan fingerprint density at radius 1 is 0.710 bits per heavy atom. The Morgan fingerprint density at radius 3 is 1.74 bits per heavy atom. The molecule has 162 valence electrons. The van der Waals surface area contributed by atoms with Gasteiger partial charge >= 0.3 is 0 Å². The Balaban J connectivity index is 1.86. The number of halogens is 1. The number of para-hydroxylation sites is 2. The molecule has 0 fully saturated rings. The first-order chi connectivity index (χ1) is 15.1. The monoisotopic (exact) mass is 476 g/mol. The first kappa shape index (κ1) is 23.3. The van der Waals surface area contributed by atoms with E-state index in [2.05, 4.69) is 104 Å². The van der Waals surface area contributed by atoms with Crippen molar-refractivity contribution in [3.63, 3.8) is 0 Å². The van der Waals surface area contributed by atoms with Crippen LogP contribution in [0, 0.1) is 0 Å².